The van der Waals surface area contributed by atoms with Crippen LogP contribution in [0, 0.1) is 23.0 Å². The van der Waals surface area contributed by atoms with E-state index in [1.54, 1.807) is 0 Å². The molecule has 6 atom stereocenters. The Bertz CT molecular complexity index is 893. The molecule has 3 aliphatic rings. The minimum absolute atomic E-state index is 0.00348. The predicted octanol–water partition coefficient (Wildman–Crippen LogP) is 2.66. The van der Waals surface area contributed by atoms with E-state index in [9.17, 15) is 15.1 Å². The number of carbonyl (C=O) groups excluding carboxylic acids is 1. The van der Waals surface area contributed by atoms with Crippen molar-refractivity contribution in [3.63, 3.8) is 0 Å². The average Bonchev–Trinajstić information content (AvgIpc) is 3.05. The van der Waals surface area contributed by atoms with Crippen LogP contribution < -0.4 is 0 Å². The maximum atomic E-state index is 13.8. The number of methoxy groups -OCH3 is 1. The molecule has 6 nitrogen and oxygen atoms in total. The molecular formula is C21H26N2O4. The molecular weight excluding hydrogens is 344 g/mol. The van der Waals surface area contributed by atoms with Crippen molar-refractivity contribution in [2.24, 2.45) is 17.8 Å². The number of nitrogens with zero attached hydrogens (tertiary/aromatic N) is 1. The normalized spacial score (nSPS) is 38.0. The zero-order valence-corrected chi connectivity index (χ0v) is 15.6. The molecule has 2 aliphatic heterocycles. The number of hydrogen-bond acceptors (Lipinski definition) is 4. The van der Waals surface area contributed by atoms with Crippen LogP contribution in [0.15, 0.2) is 24.3 Å². The molecule has 5 rings (SSSR count). The number of hydrogen-bond donors (Lipinski definition) is 2. The number of esters is 1. The Kier molecular flexibility index (Phi) is 3.86. The summed E-state index contributed by atoms with van der Waals surface area (Å²) >= 11 is 0. The smallest absolute Gasteiger partial charge is 0.311 e. The van der Waals surface area contributed by atoms with Gasteiger partial charge < -0.3 is 24.7 Å². The van der Waals surface area contributed by atoms with E-state index in [-0.39, 0.29) is 28.5 Å². The summed E-state index contributed by atoms with van der Waals surface area (Å²) in [6.45, 7) is 1.12. The van der Waals surface area contributed by atoms with E-state index < -0.39 is 12.0 Å². The van der Waals surface area contributed by atoms with Gasteiger partial charge in [-0.1, -0.05) is 18.2 Å². The minimum Gasteiger partial charge on any atom is -0.632 e. The van der Waals surface area contributed by atoms with Crippen LogP contribution in [0.3, 0.4) is 0 Å². The first-order valence-corrected chi connectivity index (χ1v) is 9.95. The fraction of sp³-hybridized carbons (Fsp3) is 0.571. The lowest BCUT2D eigenvalue weighted by atomic mass is 9.64. The lowest BCUT2D eigenvalue weighted by Crippen LogP contribution is -2.60. The highest BCUT2D eigenvalue weighted by Crippen LogP contribution is 2.52. The molecule has 2 aromatic rings. The van der Waals surface area contributed by atoms with Gasteiger partial charge in [-0.25, -0.2) is 0 Å². The number of aliphatic hydroxyl groups excluding tert-OH is 1. The third kappa shape index (κ3) is 2.47. The van der Waals surface area contributed by atoms with Gasteiger partial charge in [0.1, 0.15) is 6.04 Å². The molecule has 3 heterocycles. The third-order valence-corrected chi connectivity index (χ3v) is 7.32. The molecule has 6 heteroatoms. The van der Waals surface area contributed by atoms with Gasteiger partial charge in [-0.3, -0.25) is 4.79 Å². The Labute approximate surface area is 158 Å². The van der Waals surface area contributed by atoms with Crippen LogP contribution in [-0.2, 0) is 16.0 Å². The minimum atomic E-state index is -0.670. The van der Waals surface area contributed by atoms with Gasteiger partial charge in [0, 0.05) is 29.7 Å². The first-order chi connectivity index (χ1) is 13.0. The lowest BCUT2D eigenvalue weighted by molar-refractivity contribution is -0.924. The van der Waals surface area contributed by atoms with Crippen LogP contribution in [-0.4, -0.2) is 47.0 Å². The summed E-state index contributed by atoms with van der Waals surface area (Å²) in [6, 6.07) is 8.01. The van der Waals surface area contributed by atoms with Crippen LogP contribution in [0.4, 0.5) is 0 Å². The highest BCUT2D eigenvalue weighted by Gasteiger charge is 2.53. The quantitative estimate of drug-likeness (QED) is 0.459. The molecule has 2 fully saturated rings. The summed E-state index contributed by atoms with van der Waals surface area (Å²) in [4.78, 5) is 15.9. The maximum Gasteiger partial charge on any atom is 0.311 e. The number of H-pyrrole nitrogens is 1. The molecule has 0 amide bonds. The summed E-state index contributed by atoms with van der Waals surface area (Å²) in [7, 11) is 1.38. The van der Waals surface area contributed by atoms with Gasteiger partial charge in [0.25, 0.3) is 0 Å². The van der Waals surface area contributed by atoms with Crippen molar-refractivity contribution in [1.82, 2.24) is 4.98 Å². The largest absolute Gasteiger partial charge is 0.632 e. The number of hydroxylamine groups is 3. The van der Waals surface area contributed by atoms with Crippen molar-refractivity contribution in [3.8, 4) is 0 Å². The Morgan fingerprint density at radius 2 is 2.15 bits per heavy atom. The van der Waals surface area contributed by atoms with Gasteiger partial charge in [0.05, 0.1) is 37.9 Å². The van der Waals surface area contributed by atoms with Crippen LogP contribution in [0.2, 0.25) is 0 Å². The number of aromatic amines is 1. The van der Waals surface area contributed by atoms with Crippen molar-refractivity contribution in [2.45, 2.75) is 37.8 Å². The van der Waals surface area contributed by atoms with Crippen LogP contribution in [0.5, 0.6) is 0 Å². The highest BCUT2D eigenvalue weighted by atomic mass is 16.5. The Balaban J connectivity index is 1.56. The molecule has 27 heavy (non-hydrogen) atoms. The molecule has 1 saturated carbocycles. The Hall–Kier alpha value is -1.89. The Morgan fingerprint density at radius 3 is 2.96 bits per heavy atom. The predicted molar refractivity (Wildman–Crippen MR) is 100 cm³/mol. The molecule has 1 aromatic carbocycles. The number of ether oxygens (including phenoxy) is 1. The standard InChI is InChI=1S/C21H26N2O4/c1-27-21(25)19-15-10-17-20-14(13-4-2-3-5-16(13)22-20)8-9-23(17,26)11-12(15)6-7-18(19)24/h2-5,12,15,17-19,22,24H,6-11H2,1H3/t12-,15-,17-,18-,19+,23?/m0/s1. The fourth-order valence-electron chi connectivity index (χ4n) is 6.04. The second-order valence-corrected chi connectivity index (χ2v) is 8.54. The molecule has 144 valence electrons. The molecule has 1 aliphatic carbocycles. The van der Waals surface area contributed by atoms with Crippen molar-refractivity contribution in [2.75, 3.05) is 20.2 Å². The fourth-order valence-corrected chi connectivity index (χ4v) is 6.04. The Morgan fingerprint density at radius 1 is 1.33 bits per heavy atom. The number of piperidine rings is 1. The maximum absolute atomic E-state index is 13.8. The number of rotatable bonds is 1. The van der Waals surface area contributed by atoms with E-state index in [0.717, 1.165) is 24.1 Å². The summed E-state index contributed by atoms with van der Waals surface area (Å²) in [5.41, 5.74) is 3.37. The number of para-hydroxylation sites is 1. The molecule has 0 bridgehead atoms. The summed E-state index contributed by atoms with van der Waals surface area (Å²) in [6.07, 6.45) is 2.14. The third-order valence-electron chi connectivity index (χ3n) is 7.32. The van der Waals surface area contributed by atoms with E-state index >= 15 is 0 Å². The first-order valence-electron chi connectivity index (χ1n) is 9.95. The van der Waals surface area contributed by atoms with Crippen LogP contribution >= 0.6 is 0 Å². The average molecular weight is 370 g/mol. The molecule has 0 radical (unpaired) electrons. The zero-order valence-electron chi connectivity index (χ0n) is 15.6. The molecule has 2 N–H and O–H groups in total. The highest BCUT2D eigenvalue weighted by molar-refractivity contribution is 5.85. The molecule has 1 unspecified atom stereocenters. The van der Waals surface area contributed by atoms with E-state index in [1.165, 1.54) is 18.1 Å². The second kappa shape index (κ2) is 6.06. The van der Waals surface area contributed by atoms with Crippen LogP contribution in [0.25, 0.3) is 10.9 Å². The van der Waals surface area contributed by atoms with Crippen molar-refractivity contribution in [3.05, 3.63) is 40.7 Å². The number of quaternary nitrogens is 1. The SMILES string of the molecule is COC(=O)[C@@H]1[C@H]2C[C@H]3c4[nH]c5ccccc5c4CC[N+]3([O-])C[C@@H]2CC[C@@H]1O. The number of aromatic nitrogens is 1. The number of fused-ring (bicyclic) bond motifs is 6. The van der Waals surface area contributed by atoms with Crippen molar-refractivity contribution < 1.29 is 19.3 Å². The van der Waals surface area contributed by atoms with Gasteiger partial charge in [-0.15, -0.1) is 0 Å². The van der Waals surface area contributed by atoms with Gasteiger partial charge >= 0.3 is 5.97 Å². The van der Waals surface area contributed by atoms with Gasteiger partial charge in [-0.05, 0) is 30.4 Å². The van der Waals surface area contributed by atoms with Gasteiger partial charge in [0.2, 0.25) is 0 Å². The number of carbonyl (C=O) groups is 1. The van der Waals surface area contributed by atoms with Crippen molar-refractivity contribution in [1.29, 1.82) is 0 Å². The zero-order chi connectivity index (χ0) is 18.8. The first kappa shape index (κ1) is 17.2. The molecule has 1 aromatic heterocycles. The number of nitrogens with one attached hydrogen (secondary N) is 1. The summed E-state index contributed by atoms with van der Waals surface area (Å²) < 4.78 is 4.79. The molecule has 1 saturated heterocycles. The number of aliphatic hydroxyl groups is 1. The van der Waals surface area contributed by atoms with Crippen LogP contribution in [0.1, 0.15) is 36.6 Å². The van der Waals surface area contributed by atoms with Gasteiger partial charge in [-0.2, -0.15) is 0 Å². The van der Waals surface area contributed by atoms with Gasteiger partial charge in [0.15, 0.2) is 0 Å². The monoisotopic (exact) mass is 370 g/mol. The summed E-state index contributed by atoms with van der Waals surface area (Å²) in [5.74, 6) is -0.672. The van der Waals surface area contributed by atoms with E-state index in [4.69, 9.17) is 4.74 Å². The summed E-state index contributed by atoms with van der Waals surface area (Å²) in [5, 5.41) is 25.5. The van der Waals surface area contributed by atoms with E-state index in [2.05, 4.69) is 17.1 Å². The van der Waals surface area contributed by atoms with E-state index in [1.807, 2.05) is 12.1 Å². The molecule has 0 spiro atoms. The van der Waals surface area contributed by atoms with Crippen molar-refractivity contribution >= 4 is 16.9 Å². The lowest BCUT2D eigenvalue weighted by Gasteiger charge is -2.59. The topological polar surface area (TPSA) is 85.4 Å². The second-order valence-electron chi connectivity index (χ2n) is 8.54. The van der Waals surface area contributed by atoms with E-state index in [0.29, 0.717) is 25.9 Å². The number of benzene rings is 1.